The van der Waals surface area contributed by atoms with Gasteiger partial charge in [0.25, 0.3) is 5.91 Å². The van der Waals surface area contributed by atoms with Gasteiger partial charge in [-0.25, -0.2) is 9.97 Å². The highest BCUT2D eigenvalue weighted by molar-refractivity contribution is 6.30. The molecule has 0 spiro atoms. The first-order valence-electron chi connectivity index (χ1n) is 7.06. The number of aryl methyl sites for hydroxylation is 1. The van der Waals surface area contributed by atoms with E-state index in [1.165, 1.54) is 0 Å². The number of amides is 1. The van der Waals surface area contributed by atoms with Crippen LogP contribution in [0, 0.1) is 0 Å². The molecule has 1 saturated heterocycles. The molecule has 1 aliphatic heterocycles. The molecular formula is C14H17ClN6O. The predicted octanol–water partition coefficient (Wildman–Crippen LogP) is 1.21. The molecule has 3 rings (SSSR count). The van der Waals surface area contributed by atoms with Gasteiger partial charge in [0.05, 0.1) is 29.2 Å². The summed E-state index contributed by atoms with van der Waals surface area (Å²) in [5.74, 6) is 0.655. The number of carbonyl (C=O) groups excluding carboxylic acids is 1. The molecule has 22 heavy (non-hydrogen) atoms. The van der Waals surface area contributed by atoms with Crippen LogP contribution in [-0.2, 0) is 7.05 Å². The van der Waals surface area contributed by atoms with Gasteiger partial charge in [0.2, 0.25) is 5.95 Å². The third kappa shape index (κ3) is 2.89. The van der Waals surface area contributed by atoms with Gasteiger partial charge in [-0.3, -0.25) is 9.48 Å². The van der Waals surface area contributed by atoms with Crippen molar-refractivity contribution in [2.75, 3.05) is 24.5 Å². The van der Waals surface area contributed by atoms with E-state index in [1.54, 1.807) is 36.5 Å². The summed E-state index contributed by atoms with van der Waals surface area (Å²) in [6, 6.07) is 0.0701. The number of hydrogen-bond acceptors (Lipinski definition) is 5. The fourth-order valence-electron chi connectivity index (χ4n) is 2.61. The van der Waals surface area contributed by atoms with E-state index in [0.717, 1.165) is 0 Å². The maximum absolute atomic E-state index is 12.5. The molecule has 8 heteroatoms. The van der Waals surface area contributed by atoms with Crippen molar-refractivity contribution in [1.29, 1.82) is 0 Å². The molecule has 0 aliphatic carbocycles. The molecule has 0 radical (unpaired) electrons. The van der Waals surface area contributed by atoms with Crippen LogP contribution in [-0.4, -0.2) is 56.2 Å². The molecule has 1 aliphatic rings. The summed E-state index contributed by atoms with van der Waals surface area (Å²) >= 11 is 5.81. The van der Waals surface area contributed by atoms with E-state index in [4.69, 9.17) is 11.6 Å². The quantitative estimate of drug-likeness (QED) is 0.832. The van der Waals surface area contributed by atoms with Crippen LogP contribution in [0.2, 0.25) is 5.02 Å². The Hall–Kier alpha value is -2.15. The minimum Gasteiger partial charge on any atom is -0.337 e. The van der Waals surface area contributed by atoms with Crippen molar-refractivity contribution < 1.29 is 4.79 Å². The van der Waals surface area contributed by atoms with Crippen molar-refractivity contribution in [2.24, 2.45) is 7.05 Å². The molecular weight excluding hydrogens is 304 g/mol. The minimum atomic E-state index is 0.0114. The standard InChI is InChI=1S/C14H17ClN6O/c1-10-8-20(14-16-6-12(15)7-17-14)3-4-21(10)13(22)11-5-18-19(2)9-11/h5-7,9-10H,3-4,8H2,1-2H3. The van der Waals surface area contributed by atoms with E-state index in [2.05, 4.69) is 20.0 Å². The zero-order chi connectivity index (χ0) is 15.7. The number of aromatic nitrogens is 4. The molecule has 1 amide bonds. The lowest BCUT2D eigenvalue weighted by molar-refractivity contribution is 0.0673. The van der Waals surface area contributed by atoms with Crippen molar-refractivity contribution in [1.82, 2.24) is 24.6 Å². The van der Waals surface area contributed by atoms with Gasteiger partial charge in [-0.2, -0.15) is 5.10 Å². The first kappa shape index (κ1) is 14.8. The molecule has 1 fully saturated rings. The Morgan fingerprint density at radius 2 is 2.00 bits per heavy atom. The maximum atomic E-state index is 12.5. The van der Waals surface area contributed by atoms with Crippen molar-refractivity contribution in [3.05, 3.63) is 35.4 Å². The predicted molar refractivity (Wildman–Crippen MR) is 83.0 cm³/mol. The number of rotatable bonds is 2. The lowest BCUT2D eigenvalue weighted by atomic mass is 10.1. The second kappa shape index (κ2) is 5.92. The molecule has 2 aromatic rings. The summed E-state index contributed by atoms with van der Waals surface area (Å²) < 4.78 is 1.63. The minimum absolute atomic E-state index is 0.0114. The Balaban J connectivity index is 1.69. The number of piperazine rings is 1. The normalized spacial score (nSPS) is 18.6. The first-order chi connectivity index (χ1) is 10.5. The van der Waals surface area contributed by atoms with E-state index in [9.17, 15) is 4.79 Å². The van der Waals surface area contributed by atoms with Crippen LogP contribution in [0.5, 0.6) is 0 Å². The van der Waals surface area contributed by atoms with Gasteiger partial charge >= 0.3 is 0 Å². The van der Waals surface area contributed by atoms with Crippen LogP contribution >= 0.6 is 11.6 Å². The lowest BCUT2D eigenvalue weighted by Gasteiger charge is -2.39. The van der Waals surface area contributed by atoms with Crippen LogP contribution in [0.3, 0.4) is 0 Å². The number of anilines is 1. The highest BCUT2D eigenvalue weighted by Gasteiger charge is 2.29. The van der Waals surface area contributed by atoms with Crippen LogP contribution in [0.4, 0.5) is 5.95 Å². The summed E-state index contributed by atoms with van der Waals surface area (Å²) in [5.41, 5.74) is 0.616. The van der Waals surface area contributed by atoms with Crippen LogP contribution in [0.15, 0.2) is 24.8 Å². The van der Waals surface area contributed by atoms with E-state index >= 15 is 0 Å². The molecule has 1 unspecified atom stereocenters. The third-order valence-corrected chi connectivity index (χ3v) is 3.92. The summed E-state index contributed by atoms with van der Waals surface area (Å²) in [5, 5.41) is 4.57. The van der Waals surface area contributed by atoms with Crippen molar-refractivity contribution >= 4 is 23.5 Å². The van der Waals surface area contributed by atoms with Gasteiger partial charge in [-0.15, -0.1) is 0 Å². The topological polar surface area (TPSA) is 67.2 Å². The molecule has 1 atom stereocenters. The zero-order valence-electron chi connectivity index (χ0n) is 12.5. The average Bonchev–Trinajstić information content (AvgIpc) is 2.94. The summed E-state index contributed by atoms with van der Waals surface area (Å²) in [6.45, 7) is 4.03. The van der Waals surface area contributed by atoms with Gasteiger partial charge in [0.1, 0.15) is 0 Å². The second-order valence-corrected chi connectivity index (χ2v) is 5.83. The number of nitrogens with zero attached hydrogens (tertiary/aromatic N) is 6. The smallest absolute Gasteiger partial charge is 0.257 e. The first-order valence-corrected chi connectivity index (χ1v) is 7.44. The SMILES string of the molecule is CC1CN(c2ncc(Cl)cn2)CCN1C(=O)c1cnn(C)c1. The highest BCUT2D eigenvalue weighted by Crippen LogP contribution is 2.18. The molecule has 7 nitrogen and oxygen atoms in total. The molecule has 116 valence electrons. The maximum Gasteiger partial charge on any atom is 0.257 e. The molecule has 0 aromatic carbocycles. The summed E-state index contributed by atoms with van der Waals surface area (Å²) in [7, 11) is 1.80. The number of carbonyl (C=O) groups is 1. The van der Waals surface area contributed by atoms with Crippen LogP contribution in [0.1, 0.15) is 17.3 Å². The van der Waals surface area contributed by atoms with Gasteiger partial charge < -0.3 is 9.80 Å². The second-order valence-electron chi connectivity index (χ2n) is 5.40. The van der Waals surface area contributed by atoms with Crippen molar-refractivity contribution in [3.63, 3.8) is 0 Å². The molecule has 3 heterocycles. The fraction of sp³-hybridized carbons (Fsp3) is 0.429. The van der Waals surface area contributed by atoms with Crippen molar-refractivity contribution in [3.8, 4) is 0 Å². The summed E-state index contributed by atoms with van der Waals surface area (Å²) in [4.78, 5) is 24.9. The third-order valence-electron chi connectivity index (χ3n) is 3.73. The van der Waals surface area contributed by atoms with Gasteiger partial charge in [-0.1, -0.05) is 11.6 Å². The van der Waals surface area contributed by atoms with Crippen LogP contribution in [0.25, 0.3) is 0 Å². The van der Waals surface area contributed by atoms with Crippen molar-refractivity contribution in [2.45, 2.75) is 13.0 Å². The van der Waals surface area contributed by atoms with Gasteiger partial charge in [0.15, 0.2) is 0 Å². The van der Waals surface area contributed by atoms with Crippen LogP contribution < -0.4 is 4.90 Å². The lowest BCUT2D eigenvalue weighted by Crippen LogP contribution is -2.54. The fourth-order valence-corrected chi connectivity index (χ4v) is 2.70. The summed E-state index contributed by atoms with van der Waals surface area (Å²) in [6.07, 6.45) is 6.51. The van der Waals surface area contributed by atoms with Gasteiger partial charge in [-0.05, 0) is 6.92 Å². The van der Waals surface area contributed by atoms with E-state index < -0.39 is 0 Å². The number of hydrogen-bond donors (Lipinski definition) is 0. The molecule has 2 aromatic heterocycles. The Bertz CT molecular complexity index is 670. The Morgan fingerprint density at radius 1 is 1.27 bits per heavy atom. The average molecular weight is 321 g/mol. The molecule has 0 N–H and O–H groups in total. The Morgan fingerprint density at radius 3 is 2.59 bits per heavy atom. The van der Waals surface area contributed by atoms with E-state index in [0.29, 0.717) is 36.2 Å². The largest absolute Gasteiger partial charge is 0.337 e. The Labute approximate surface area is 133 Å². The zero-order valence-corrected chi connectivity index (χ0v) is 13.2. The number of halogens is 1. The molecule has 0 bridgehead atoms. The van der Waals surface area contributed by atoms with E-state index in [1.807, 2.05) is 11.8 Å². The van der Waals surface area contributed by atoms with Gasteiger partial charge in [0, 0.05) is 38.9 Å². The monoisotopic (exact) mass is 320 g/mol. The Kier molecular flexibility index (Phi) is 3.98. The van der Waals surface area contributed by atoms with E-state index in [-0.39, 0.29) is 11.9 Å². The molecule has 0 saturated carbocycles. The highest BCUT2D eigenvalue weighted by atomic mass is 35.5.